The van der Waals surface area contributed by atoms with Crippen molar-refractivity contribution in [1.29, 1.82) is 0 Å². The fourth-order valence-electron chi connectivity index (χ4n) is 2.05. The van der Waals surface area contributed by atoms with E-state index in [0.717, 1.165) is 12.8 Å². The monoisotopic (exact) mass is 268 g/mol. The first-order valence-electron chi connectivity index (χ1n) is 7.75. The van der Waals surface area contributed by atoms with E-state index in [-0.39, 0.29) is 5.97 Å². The highest BCUT2D eigenvalue weighted by atomic mass is 16.5. The molecule has 0 aliphatic carbocycles. The molecule has 0 radical (unpaired) electrons. The highest BCUT2D eigenvalue weighted by molar-refractivity contribution is 5.81. The Morgan fingerprint density at radius 3 is 1.89 bits per heavy atom. The Labute approximate surface area is 119 Å². The maximum absolute atomic E-state index is 10.8. The second-order valence-electron chi connectivity index (χ2n) is 6.51. The average molecular weight is 268 g/mol. The highest BCUT2D eigenvalue weighted by Crippen LogP contribution is 2.22. The second kappa shape index (κ2) is 11.1. The molecule has 0 spiro atoms. The molecule has 0 unspecified atom stereocenters. The summed E-state index contributed by atoms with van der Waals surface area (Å²) in [5, 5.41) is 0. The molecule has 0 aromatic rings. The van der Waals surface area contributed by atoms with Crippen LogP contribution in [0.4, 0.5) is 0 Å². The first-order chi connectivity index (χ1) is 8.95. The molecule has 0 heterocycles. The van der Waals surface area contributed by atoms with Gasteiger partial charge >= 0.3 is 5.97 Å². The summed E-state index contributed by atoms with van der Waals surface area (Å²) in [5.41, 5.74) is 0.489. The lowest BCUT2D eigenvalue weighted by molar-refractivity contribution is -0.137. The van der Waals surface area contributed by atoms with Crippen molar-refractivity contribution >= 4 is 5.97 Å². The fraction of sp³-hybridized carbons (Fsp3) is 0.824. The molecule has 0 saturated heterocycles. The quantitative estimate of drug-likeness (QED) is 0.290. The van der Waals surface area contributed by atoms with E-state index in [1.54, 1.807) is 0 Å². The Morgan fingerprint density at radius 2 is 1.42 bits per heavy atom. The van der Waals surface area contributed by atoms with Gasteiger partial charge in [0.15, 0.2) is 0 Å². The van der Waals surface area contributed by atoms with Gasteiger partial charge in [0.05, 0.1) is 6.61 Å². The normalized spacial score (nSPS) is 11.3. The molecule has 0 aromatic carbocycles. The summed E-state index contributed by atoms with van der Waals surface area (Å²) < 4.78 is 4.93. The zero-order valence-electron chi connectivity index (χ0n) is 13.2. The summed E-state index contributed by atoms with van der Waals surface area (Å²) in [6.45, 7) is 10.8. The van der Waals surface area contributed by atoms with Crippen molar-refractivity contribution in [2.24, 2.45) is 5.41 Å². The Bertz CT molecular complexity index is 238. The molecule has 0 fully saturated rings. The van der Waals surface area contributed by atoms with E-state index in [1.807, 2.05) is 0 Å². The number of ether oxygens (including phenoxy) is 1. The molecule has 2 heteroatoms. The zero-order chi connectivity index (χ0) is 14.6. The Hall–Kier alpha value is -0.790. The van der Waals surface area contributed by atoms with Gasteiger partial charge in [-0.2, -0.15) is 0 Å². The number of hydrogen-bond donors (Lipinski definition) is 0. The minimum atomic E-state index is -0.307. The van der Waals surface area contributed by atoms with Crippen molar-refractivity contribution < 1.29 is 9.53 Å². The van der Waals surface area contributed by atoms with Crippen LogP contribution in [0.15, 0.2) is 12.7 Å². The van der Waals surface area contributed by atoms with Gasteiger partial charge in [0.1, 0.15) is 0 Å². The Morgan fingerprint density at radius 1 is 0.947 bits per heavy atom. The predicted molar refractivity (Wildman–Crippen MR) is 82.2 cm³/mol. The SMILES string of the molecule is C=CC(=O)OCCCCCCCCCCC(C)(C)C. The van der Waals surface area contributed by atoms with Crippen LogP contribution < -0.4 is 0 Å². The van der Waals surface area contributed by atoms with Gasteiger partial charge in [-0.15, -0.1) is 0 Å². The van der Waals surface area contributed by atoms with Crippen LogP contribution >= 0.6 is 0 Å². The molecule has 2 nitrogen and oxygen atoms in total. The maximum atomic E-state index is 10.8. The summed E-state index contributed by atoms with van der Waals surface area (Å²) in [4.78, 5) is 10.8. The molecule has 0 aromatic heterocycles. The molecule has 0 N–H and O–H groups in total. The summed E-state index contributed by atoms with van der Waals surface area (Å²) in [5.74, 6) is -0.307. The molecule has 0 amide bonds. The maximum Gasteiger partial charge on any atom is 0.330 e. The third-order valence-corrected chi connectivity index (χ3v) is 3.23. The van der Waals surface area contributed by atoms with Crippen LogP contribution in [0, 0.1) is 5.41 Å². The minimum absolute atomic E-state index is 0.307. The molecular weight excluding hydrogens is 236 g/mol. The molecule has 0 atom stereocenters. The summed E-state index contributed by atoms with van der Waals surface area (Å²) >= 11 is 0. The number of rotatable bonds is 11. The first kappa shape index (κ1) is 18.2. The standard InChI is InChI=1S/C17H32O2/c1-5-16(18)19-15-13-11-9-7-6-8-10-12-14-17(2,3)4/h5H,1,6-15H2,2-4H3. The van der Waals surface area contributed by atoms with Gasteiger partial charge in [-0.25, -0.2) is 4.79 Å². The number of unbranched alkanes of at least 4 members (excludes halogenated alkanes) is 7. The topological polar surface area (TPSA) is 26.3 Å². The number of hydrogen-bond acceptors (Lipinski definition) is 2. The van der Waals surface area contributed by atoms with Crippen molar-refractivity contribution in [3.05, 3.63) is 12.7 Å². The Kier molecular flexibility index (Phi) is 10.6. The van der Waals surface area contributed by atoms with Crippen molar-refractivity contribution in [2.75, 3.05) is 6.61 Å². The second-order valence-corrected chi connectivity index (χ2v) is 6.51. The molecule has 112 valence electrons. The summed E-state index contributed by atoms with van der Waals surface area (Å²) in [6.07, 6.45) is 12.7. The molecule has 0 bridgehead atoms. The molecule has 0 saturated carbocycles. The van der Waals surface area contributed by atoms with Crippen LogP contribution in [0.5, 0.6) is 0 Å². The van der Waals surface area contributed by atoms with Crippen LogP contribution in [-0.4, -0.2) is 12.6 Å². The van der Waals surface area contributed by atoms with E-state index in [9.17, 15) is 4.79 Å². The van der Waals surface area contributed by atoms with Crippen LogP contribution in [0.1, 0.15) is 78.6 Å². The average Bonchev–Trinajstić information content (AvgIpc) is 2.34. The van der Waals surface area contributed by atoms with E-state index in [4.69, 9.17) is 4.74 Å². The van der Waals surface area contributed by atoms with E-state index in [1.165, 1.54) is 51.0 Å². The molecule has 0 rings (SSSR count). The lowest BCUT2D eigenvalue weighted by Gasteiger charge is -2.17. The van der Waals surface area contributed by atoms with Gasteiger partial charge in [0.25, 0.3) is 0 Å². The van der Waals surface area contributed by atoms with Gasteiger partial charge in [-0.3, -0.25) is 0 Å². The van der Waals surface area contributed by atoms with Gasteiger partial charge < -0.3 is 4.74 Å². The summed E-state index contributed by atoms with van der Waals surface area (Å²) in [6, 6.07) is 0. The first-order valence-corrected chi connectivity index (χ1v) is 7.75. The molecule has 0 aliphatic rings. The minimum Gasteiger partial charge on any atom is -0.463 e. The lowest BCUT2D eigenvalue weighted by Crippen LogP contribution is -2.03. The van der Waals surface area contributed by atoms with Crippen LogP contribution in [0.3, 0.4) is 0 Å². The van der Waals surface area contributed by atoms with Crippen molar-refractivity contribution in [3.63, 3.8) is 0 Å². The lowest BCUT2D eigenvalue weighted by atomic mass is 9.89. The van der Waals surface area contributed by atoms with Crippen molar-refractivity contribution in [3.8, 4) is 0 Å². The zero-order valence-corrected chi connectivity index (χ0v) is 13.2. The van der Waals surface area contributed by atoms with Gasteiger partial charge in [-0.05, 0) is 18.3 Å². The number of carbonyl (C=O) groups is 1. The third-order valence-electron chi connectivity index (χ3n) is 3.23. The predicted octanol–water partition coefficient (Wildman–Crippen LogP) is 5.27. The fourth-order valence-corrected chi connectivity index (χ4v) is 2.05. The highest BCUT2D eigenvalue weighted by Gasteiger charge is 2.08. The van der Waals surface area contributed by atoms with Crippen molar-refractivity contribution in [2.45, 2.75) is 78.6 Å². The van der Waals surface area contributed by atoms with Crippen LogP contribution in [-0.2, 0) is 9.53 Å². The van der Waals surface area contributed by atoms with Crippen LogP contribution in [0.25, 0.3) is 0 Å². The third kappa shape index (κ3) is 15.2. The molecule has 19 heavy (non-hydrogen) atoms. The molecule has 0 aliphatic heterocycles. The largest absolute Gasteiger partial charge is 0.463 e. The Balaban J connectivity index is 3.11. The van der Waals surface area contributed by atoms with Gasteiger partial charge in [-0.1, -0.05) is 72.3 Å². The summed E-state index contributed by atoms with van der Waals surface area (Å²) in [7, 11) is 0. The number of esters is 1. The van der Waals surface area contributed by atoms with E-state index in [2.05, 4.69) is 27.4 Å². The van der Waals surface area contributed by atoms with E-state index >= 15 is 0 Å². The van der Waals surface area contributed by atoms with E-state index < -0.39 is 0 Å². The smallest absolute Gasteiger partial charge is 0.330 e. The van der Waals surface area contributed by atoms with Crippen molar-refractivity contribution in [1.82, 2.24) is 0 Å². The van der Waals surface area contributed by atoms with E-state index in [0.29, 0.717) is 12.0 Å². The van der Waals surface area contributed by atoms with Gasteiger partial charge in [0, 0.05) is 6.08 Å². The molecular formula is C17H32O2. The van der Waals surface area contributed by atoms with Gasteiger partial charge in [0.2, 0.25) is 0 Å². The van der Waals surface area contributed by atoms with Crippen LogP contribution in [0.2, 0.25) is 0 Å². The number of carbonyl (C=O) groups excluding carboxylic acids is 1.